The first-order valence-corrected chi connectivity index (χ1v) is 6.44. The van der Waals surface area contributed by atoms with Gasteiger partial charge in [0.15, 0.2) is 0 Å². The van der Waals surface area contributed by atoms with Crippen molar-refractivity contribution in [3.05, 3.63) is 0 Å². The van der Waals surface area contributed by atoms with Gasteiger partial charge in [0, 0.05) is 6.54 Å². The number of carbonyl (C=O) groups is 2. The Morgan fingerprint density at radius 1 is 1.47 bits per heavy atom. The normalized spacial score (nSPS) is 21.3. The van der Waals surface area contributed by atoms with E-state index in [9.17, 15) is 9.59 Å². The van der Waals surface area contributed by atoms with Crippen molar-refractivity contribution in [1.82, 2.24) is 10.2 Å². The van der Waals surface area contributed by atoms with Crippen LogP contribution in [0.25, 0.3) is 0 Å². The Morgan fingerprint density at radius 2 is 2.16 bits per heavy atom. The third-order valence-electron chi connectivity index (χ3n) is 2.93. The van der Waals surface area contributed by atoms with Gasteiger partial charge in [-0.2, -0.15) is 0 Å². The molecule has 2 amide bonds. The van der Waals surface area contributed by atoms with Crippen LogP contribution < -0.4 is 5.32 Å². The van der Waals surface area contributed by atoms with Crippen LogP contribution in [0.3, 0.4) is 0 Å². The number of morpholine rings is 1. The van der Waals surface area contributed by atoms with E-state index in [1.165, 1.54) is 4.90 Å². The summed E-state index contributed by atoms with van der Waals surface area (Å²) < 4.78 is 5.24. The quantitative estimate of drug-likeness (QED) is 0.649. The summed E-state index contributed by atoms with van der Waals surface area (Å²) in [5, 5.41) is 20.6. The van der Waals surface area contributed by atoms with Crippen molar-refractivity contribution in [2.75, 3.05) is 26.3 Å². The number of nitrogens with zero attached hydrogens (tertiary/aromatic N) is 1. The largest absolute Gasteiger partial charge is 0.480 e. The molecule has 0 spiro atoms. The van der Waals surface area contributed by atoms with Gasteiger partial charge in [0.05, 0.1) is 25.9 Å². The molecule has 0 saturated carbocycles. The van der Waals surface area contributed by atoms with Crippen molar-refractivity contribution in [1.29, 1.82) is 0 Å². The summed E-state index contributed by atoms with van der Waals surface area (Å²) in [5.74, 6) is -0.856. The molecule has 1 heterocycles. The van der Waals surface area contributed by atoms with Gasteiger partial charge in [-0.3, -0.25) is 0 Å². The lowest BCUT2D eigenvalue weighted by Gasteiger charge is -2.33. The van der Waals surface area contributed by atoms with E-state index in [2.05, 4.69) is 5.32 Å². The molecule has 0 bridgehead atoms. The van der Waals surface area contributed by atoms with Gasteiger partial charge in [-0.1, -0.05) is 13.8 Å². The molecule has 7 nitrogen and oxygen atoms in total. The maximum absolute atomic E-state index is 12.0. The molecule has 1 aliphatic rings. The minimum absolute atomic E-state index is 0.155. The first kappa shape index (κ1) is 15.7. The molecule has 110 valence electrons. The molecule has 1 aliphatic heterocycles. The van der Waals surface area contributed by atoms with Crippen LogP contribution in [0.2, 0.25) is 0 Å². The Hall–Kier alpha value is -1.34. The van der Waals surface area contributed by atoms with Gasteiger partial charge in [-0.25, -0.2) is 9.59 Å². The predicted molar refractivity (Wildman–Crippen MR) is 67.8 cm³/mol. The molecule has 1 unspecified atom stereocenters. The standard InChI is InChI=1S/C12H22N2O5/c1-8(2)5-10(11(16)17)13-12(18)14-3-4-19-9(6-14)7-15/h8-10,15H,3-7H2,1-2H3,(H,13,18)(H,16,17)/t9?,10-/m1/s1. The van der Waals surface area contributed by atoms with Crippen molar-refractivity contribution in [2.24, 2.45) is 5.92 Å². The Labute approximate surface area is 112 Å². The van der Waals surface area contributed by atoms with Crippen LogP contribution in [0.1, 0.15) is 20.3 Å². The lowest BCUT2D eigenvalue weighted by atomic mass is 10.0. The minimum Gasteiger partial charge on any atom is -0.480 e. The topological polar surface area (TPSA) is 99.1 Å². The van der Waals surface area contributed by atoms with Gasteiger partial charge < -0.3 is 25.2 Å². The summed E-state index contributed by atoms with van der Waals surface area (Å²) in [5.41, 5.74) is 0. The first-order chi connectivity index (χ1) is 8.93. The van der Waals surface area contributed by atoms with Crippen molar-refractivity contribution >= 4 is 12.0 Å². The third kappa shape index (κ3) is 5.04. The monoisotopic (exact) mass is 274 g/mol. The molecule has 1 rings (SSSR count). The number of aliphatic hydroxyl groups excluding tert-OH is 1. The highest BCUT2D eigenvalue weighted by Crippen LogP contribution is 2.08. The zero-order chi connectivity index (χ0) is 14.4. The van der Waals surface area contributed by atoms with Crippen LogP contribution in [-0.2, 0) is 9.53 Å². The number of carboxylic acid groups (broad SMARTS) is 1. The second kappa shape index (κ2) is 7.30. The highest BCUT2D eigenvalue weighted by molar-refractivity contribution is 5.82. The number of carbonyl (C=O) groups excluding carboxylic acids is 1. The Bertz CT molecular complexity index is 321. The van der Waals surface area contributed by atoms with Crippen LogP contribution in [0.15, 0.2) is 0 Å². The fraction of sp³-hybridized carbons (Fsp3) is 0.833. The number of nitrogens with one attached hydrogen (secondary N) is 1. The van der Waals surface area contributed by atoms with Gasteiger partial charge in [-0.05, 0) is 12.3 Å². The molecule has 19 heavy (non-hydrogen) atoms. The van der Waals surface area contributed by atoms with Crippen molar-refractivity contribution in [2.45, 2.75) is 32.4 Å². The zero-order valence-electron chi connectivity index (χ0n) is 11.3. The molecular weight excluding hydrogens is 252 g/mol. The molecule has 0 radical (unpaired) electrons. The number of amides is 2. The lowest BCUT2D eigenvalue weighted by Crippen LogP contribution is -2.54. The molecule has 3 N–H and O–H groups in total. The fourth-order valence-corrected chi connectivity index (χ4v) is 1.95. The fourth-order valence-electron chi connectivity index (χ4n) is 1.95. The van der Waals surface area contributed by atoms with Crippen molar-refractivity contribution in [3.8, 4) is 0 Å². The number of urea groups is 1. The summed E-state index contributed by atoms with van der Waals surface area (Å²) >= 11 is 0. The van der Waals surface area contributed by atoms with E-state index in [0.29, 0.717) is 19.6 Å². The van der Waals surface area contributed by atoms with Crippen molar-refractivity contribution < 1.29 is 24.5 Å². The minimum atomic E-state index is -1.03. The molecule has 0 aromatic rings. The molecule has 2 atom stereocenters. The smallest absolute Gasteiger partial charge is 0.326 e. The highest BCUT2D eigenvalue weighted by Gasteiger charge is 2.27. The number of hydrogen-bond acceptors (Lipinski definition) is 4. The Kier molecular flexibility index (Phi) is 6.04. The highest BCUT2D eigenvalue weighted by atomic mass is 16.5. The number of rotatable bonds is 5. The Morgan fingerprint density at radius 3 is 2.68 bits per heavy atom. The zero-order valence-corrected chi connectivity index (χ0v) is 11.3. The number of aliphatic carboxylic acids is 1. The van der Waals surface area contributed by atoms with Crippen LogP contribution in [-0.4, -0.2) is 65.6 Å². The number of ether oxygens (including phenoxy) is 1. The van der Waals surface area contributed by atoms with Crippen LogP contribution >= 0.6 is 0 Å². The van der Waals surface area contributed by atoms with E-state index in [4.69, 9.17) is 14.9 Å². The molecule has 1 saturated heterocycles. The second-order valence-corrected chi connectivity index (χ2v) is 5.09. The lowest BCUT2D eigenvalue weighted by molar-refractivity contribution is -0.139. The van der Waals surface area contributed by atoms with Gasteiger partial charge in [0.2, 0.25) is 0 Å². The average molecular weight is 274 g/mol. The van der Waals surface area contributed by atoms with Crippen LogP contribution in [0, 0.1) is 5.92 Å². The van der Waals surface area contributed by atoms with E-state index < -0.39 is 24.1 Å². The maximum Gasteiger partial charge on any atom is 0.326 e. The van der Waals surface area contributed by atoms with E-state index >= 15 is 0 Å². The summed E-state index contributed by atoms with van der Waals surface area (Å²) in [7, 11) is 0. The van der Waals surface area contributed by atoms with Crippen molar-refractivity contribution in [3.63, 3.8) is 0 Å². The second-order valence-electron chi connectivity index (χ2n) is 5.09. The number of hydrogen-bond donors (Lipinski definition) is 3. The summed E-state index contributed by atoms with van der Waals surface area (Å²) in [6.07, 6.45) is -0.0117. The van der Waals surface area contributed by atoms with E-state index in [1.54, 1.807) is 0 Å². The predicted octanol–water partition coefficient (Wildman–Crippen LogP) is -0.112. The maximum atomic E-state index is 12.0. The van der Waals surface area contributed by atoms with E-state index in [1.807, 2.05) is 13.8 Å². The van der Waals surface area contributed by atoms with Crippen LogP contribution in [0.5, 0.6) is 0 Å². The molecular formula is C12H22N2O5. The SMILES string of the molecule is CC(C)C[C@@H](NC(=O)N1CCOC(CO)C1)C(=O)O. The first-order valence-electron chi connectivity index (χ1n) is 6.44. The third-order valence-corrected chi connectivity index (χ3v) is 2.93. The van der Waals surface area contributed by atoms with E-state index in [0.717, 1.165) is 0 Å². The molecule has 1 fully saturated rings. The summed E-state index contributed by atoms with van der Waals surface area (Å²) in [6, 6.07) is -1.31. The number of carboxylic acids is 1. The molecule has 0 aromatic carbocycles. The van der Waals surface area contributed by atoms with Crippen LogP contribution in [0.4, 0.5) is 4.79 Å². The molecule has 7 heteroatoms. The summed E-state index contributed by atoms with van der Waals surface area (Å²) in [4.78, 5) is 24.5. The van der Waals surface area contributed by atoms with Gasteiger partial charge in [0.1, 0.15) is 6.04 Å². The Balaban J connectivity index is 2.53. The molecule has 0 aliphatic carbocycles. The summed E-state index contributed by atoms with van der Waals surface area (Å²) in [6.45, 7) is 4.67. The van der Waals surface area contributed by atoms with Gasteiger partial charge in [-0.15, -0.1) is 0 Å². The number of aliphatic hydroxyl groups is 1. The van der Waals surface area contributed by atoms with E-state index in [-0.39, 0.29) is 19.1 Å². The van der Waals surface area contributed by atoms with Gasteiger partial charge in [0.25, 0.3) is 0 Å². The molecule has 0 aromatic heterocycles. The average Bonchev–Trinajstić information content (AvgIpc) is 2.37. The van der Waals surface area contributed by atoms with Gasteiger partial charge >= 0.3 is 12.0 Å².